The molecule has 0 fully saturated rings. The highest BCUT2D eigenvalue weighted by Crippen LogP contribution is 2.27. The van der Waals surface area contributed by atoms with Gasteiger partial charge in [0.25, 0.3) is 11.8 Å². The lowest BCUT2D eigenvalue weighted by atomic mass is 10.1. The zero-order chi connectivity index (χ0) is 106. The molecule has 4 rings (SSSR count). The van der Waals surface area contributed by atoms with Gasteiger partial charge in [-0.2, -0.15) is 0 Å². The number of carbonyl (C=O) groups excluding carboxylic acids is 4. The van der Waals surface area contributed by atoms with Gasteiger partial charge < -0.3 is 20.9 Å². The molecule has 0 spiro atoms. The maximum absolute atomic E-state index is 12.0. The van der Waals surface area contributed by atoms with Crippen molar-refractivity contribution < 1.29 is 151 Å². The fourth-order valence-corrected chi connectivity index (χ4v) is 11.2. The van der Waals surface area contributed by atoms with Crippen LogP contribution in [0.1, 0.15) is 223 Å². The topological polar surface area (TPSA) is 157 Å². The Kier molecular flexibility index (Phi) is 65.8. The molecule has 144 heavy (non-hydrogen) atoms. The molecular weight excluding hydrogens is 1770 g/mol. The van der Waals surface area contributed by atoms with E-state index in [-0.39, 0.29) is 138 Å². The minimum Gasteiger partial charge on any atom is -0.345 e. The molecule has 8 unspecified atom stereocenters. The van der Waals surface area contributed by atoms with Crippen LogP contribution in [0.5, 0.6) is 0 Å². The molecular formula is C128H246N12O4+4. The summed E-state index contributed by atoms with van der Waals surface area (Å²) in [6.07, 6.45) is 11.0. The normalized spacial score (nSPS) is 14.6. The third kappa shape index (κ3) is 58.5. The molecule has 0 aromatic heterocycles. The average Bonchev–Trinajstić information content (AvgIpc) is 1.63. The monoisotopic (exact) mass is 2020 g/mol. The van der Waals surface area contributed by atoms with Crippen molar-refractivity contribution in [2.24, 2.45) is 20.0 Å². The molecule has 838 valence electrons. The number of aliphatic imine (C=N–C) groups is 4. The number of nitrogens with zero attached hydrogens (tertiary/aromatic N) is 9. The summed E-state index contributed by atoms with van der Waals surface area (Å²) in [6.45, 7) is 32.0. The first-order valence-corrected chi connectivity index (χ1v) is 43.0. The van der Waals surface area contributed by atoms with E-state index < -0.39 is 11.8 Å². The Balaban J connectivity index is -0.0000000148. The van der Waals surface area contributed by atoms with Crippen molar-refractivity contribution in [1.82, 2.24) is 20.9 Å². The molecule has 0 aromatic carbocycles. The minimum atomic E-state index is -0.463. The number of rotatable bonds is 14. The van der Waals surface area contributed by atoms with Gasteiger partial charge in [-0.15, -0.1) is 6.42 Å². The van der Waals surface area contributed by atoms with Gasteiger partial charge in [0.05, 0.1) is 66.0 Å². The Morgan fingerprint density at radius 2 is 0.750 bits per heavy atom. The molecule has 4 aliphatic rings. The van der Waals surface area contributed by atoms with Gasteiger partial charge in [0.2, 0.25) is 17.6 Å². The van der Waals surface area contributed by atoms with Crippen LogP contribution in [-0.4, -0.2) is 187 Å². The number of nitrogens with one attached hydrogen (secondary N) is 3. The van der Waals surface area contributed by atoms with Crippen LogP contribution in [0.15, 0.2) is 32.4 Å². The quantitative estimate of drug-likeness (QED) is 0.0899. The number of amides is 4. The summed E-state index contributed by atoms with van der Waals surface area (Å²) in [5.41, 5.74) is 0. The van der Waals surface area contributed by atoms with E-state index in [1.54, 1.807) is 38.8 Å². The fourth-order valence-electron chi connectivity index (χ4n) is 11.2. The fraction of sp³-hybridized carbons (Fsp3) is 0.266. The Bertz CT molecular complexity index is 8470. The first-order chi connectivity index (χ1) is 69.9. The van der Waals surface area contributed by atoms with Crippen molar-refractivity contribution in [2.75, 3.05) is 87.1 Å². The van der Waals surface area contributed by atoms with Crippen LogP contribution in [-0.2, 0) is 19.2 Å². The van der Waals surface area contributed by atoms with Crippen LogP contribution in [0.3, 0.4) is 0 Å². The number of quaternary nitrogens is 4. The number of terminal acetylenes is 1. The van der Waals surface area contributed by atoms with Crippen LogP contribution < -0.4 is 16.0 Å². The third-order valence-electron chi connectivity index (χ3n) is 18.5. The van der Waals surface area contributed by atoms with E-state index in [0.29, 0.717) is 53.3 Å². The van der Waals surface area contributed by atoms with Crippen molar-refractivity contribution in [3.8, 4) is 498 Å². The van der Waals surface area contributed by atoms with Crippen molar-refractivity contribution in [3.05, 3.63) is 12.4 Å². The Morgan fingerprint density at radius 3 is 1.03 bits per heavy atom. The lowest BCUT2D eigenvalue weighted by Crippen LogP contribution is -2.62. The molecule has 16 heteroatoms. The number of hydrogen-bond donors (Lipinski definition) is 3. The lowest BCUT2D eigenvalue weighted by molar-refractivity contribution is -0.879. The van der Waals surface area contributed by atoms with Crippen molar-refractivity contribution in [2.45, 2.75) is 139 Å². The predicted octanol–water partition coefficient (Wildman–Crippen LogP) is 23.7. The molecule has 4 heterocycles. The van der Waals surface area contributed by atoms with Gasteiger partial charge in [-0.3, -0.25) is 32.6 Å². The average molecular weight is 2020 g/mol. The third-order valence-corrected chi connectivity index (χ3v) is 18.5. The summed E-state index contributed by atoms with van der Waals surface area (Å²) in [5, 5.41) is 8.21. The van der Waals surface area contributed by atoms with Crippen molar-refractivity contribution in [3.63, 3.8) is 0 Å². The van der Waals surface area contributed by atoms with Gasteiger partial charge in [0, 0.05) is 286 Å². The highest BCUT2D eigenvalue weighted by Gasteiger charge is 2.45. The molecule has 16 nitrogen and oxygen atoms in total. The highest BCUT2D eigenvalue weighted by molar-refractivity contribution is 5.95. The molecule has 3 N–H and O–H groups in total. The molecule has 4 amide bonds. The second-order valence-corrected chi connectivity index (χ2v) is 28.2. The smallest absolute Gasteiger partial charge is 0.300 e. The highest BCUT2D eigenvalue weighted by atomic mass is 16.2. The summed E-state index contributed by atoms with van der Waals surface area (Å²) >= 11 is 0. The SMILES string of the molecule is C#CC#CC#CC#CC#CC#CC#CC#CC#CC#CC(=O)NCCCCC[N+]1(C#CC#CC#CC#CC#CC#CC#CC#CC#CC#CC#CC#CC)CCN=C1C.CC#CC#CC#CC#CC#CC#CC#CC#CC#CC#CC(=O)NC=C[N+]1(C)CC(C)N=C1C.CC#CC#CC#CC#CC#CC#CC#CC#CC#CC#CC(=O)NCC(C)[N+]1(CC)C(C)=NCC1C.CC(=O)N(C)CC1=NC(C)C(C)[N+]1(C)C.[HH].[HH].[HH].[HH].[HH].[HH].[HH].[HH].[HH].[HH].[HH].[HH].[HH].[HH].[HH].[HH].[HH].[HH].[HH].[HH].[HH].[HH].[HH].[HH].[HH].[HH].[HH].[HH].[HH].[HH].[HH].[HH].[HH].[HH].[HH].[HH].[HH].[HH].[HH].[HH].[HH].[HH].[HH].[HH].[HH].[HH].[HH].[HH].[HH].[HH].[HH].[HH].[HH].[HH].[HH].[HH].[HH].[HH].[HH].[HH].[HH].[HH].[HH].[HH].[HH].[HH].[HH].[HH].[HH].[HH].[HH].[HH].[HH].[HH].[HH].[HH].[HH].[HH].[HH].[HH]. The van der Waals surface area contributed by atoms with E-state index in [2.05, 4.69) is 590 Å². The molecule has 0 aromatic rings. The first-order valence-electron chi connectivity index (χ1n) is 43.0. The van der Waals surface area contributed by atoms with E-state index in [4.69, 9.17) is 6.42 Å². The first kappa shape index (κ1) is 120. The van der Waals surface area contributed by atoms with Crippen LogP contribution in [0.25, 0.3) is 0 Å². The zero-order valence-electron chi connectivity index (χ0n) is 82.8. The van der Waals surface area contributed by atoms with E-state index in [9.17, 15) is 19.2 Å². The number of amidine groups is 4. The minimum absolute atomic E-state index is 0. The number of hydrogen-bond acceptors (Lipinski definition) is 8. The summed E-state index contributed by atoms with van der Waals surface area (Å²) < 4.78 is 2.59. The summed E-state index contributed by atoms with van der Waals surface area (Å²) in [4.78, 5) is 66.8. The van der Waals surface area contributed by atoms with E-state index in [0.717, 1.165) is 84.3 Å². The van der Waals surface area contributed by atoms with E-state index in [1.165, 1.54) is 0 Å². The molecule has 0 radical (unpaired) electrons. The van der Waals surface area contributed by atoms with Crippen molar-refractivity contribution >= 4 is 47.0 Å². The van der Waals surface area contributed by atoms with Gasteiger partial charge in [-0.05, 0) is 413 Å². The lowest BCUT2D eigenvalue weighted by Gasteiger charge is -2.42. The molecule has 0 aliphatic carbocycles. The van der Waals surface area contributed by atoms with Gasteiger partial charge in [-0.1, -0.05) is 17.8 Å². The standard InChI is InChI=1S/C55H21N3O.C32H23N3O.C30H17N3O.C11H22N3O.80H2/c1-4-6-8-10-12-14-16-18-20-22-24-25-26-27-28-30-32-34-36-38-40-42-46-51-58(53-50-56-54(58)3)52-47-43-45-49-57-55(59)48-44-41-39-37-35-33-31-29-23-21-19-17-15-13-11-9-7-5-2;1-6-8-9-10-11-12-13-14-15-16-17-18-19-20-21-22-23-24-25-26-32(36)34-28-30(4)35(7-2)29(3)27-33-31(35)5;1-5-6-7-8-9-10-11-12-13-14-15-16-17-18-19-20-21-22-23-24-30(34)31-25-26-33(4)27-28(2)32-29(33)3;1-8-9(2)14(5,6)11(12-8)7-13(4)10(3)15;;;;;;;;;;;;;;;;;;;;;;;;;;;;;;;;;;;;;;;;;;;;;;;;;;;;;;;;;;;;;;;;;;;;;;;;;;;;;;;;/h2H,43,45,47,49-50,52-53H2,1,3H3;29-30H,7,27-28H2,1-5H3;25-26,28H,27H2,1-4H3;8-9H,7H2,1-6H3;80*1H/q;;;+1;;;;;;;;;;;;;;;;;;;;;;;;;;;;;;;;;;;;;;;;;;;;;;;;;;;;;;;;;;;;;;;;;;;;;;;;;;;;;;;;/p+3. The van der Waals surface area contributed by atoms with Gasteiger partial charge in [0.15, 0.2) is 17.7 Å². The summed E-state index contributed by atoms with van der Waals surface area (Å²) in [6, 6.07) is 4.93. The van der Waals surface area contributed by atoms with E-state index in [1.807, 2.05) is 34.1 Å². The van der Waals surface area contributed by atoms with Gasteiger partial charge in [-0.25, -0.2) is 24.5 Å². The maximum Gasteiger partial charge on any atom is 0.300 e. The van der Waals surface area contributed by atoms with E-state index >= 15 is 0 Å². The van der Waals surface area contributed by atoms with Crippen molar-refractivity contribution in [1.29, 1.82) is 0 Å². The maximum atomic E-state index is 12.0. The summed E-state index contributed by atoms with van der Waals surface area (Å²) in [5.74, 6) is 209. The molecule has 0 bridgehead atoms. The number of unbranched alkanes of at least 4 members (excludes halogenated alkanes) is 2. The summed E-state index contributed by atoms with van der Waals surface area (Å²) in [7, 11) is 8.15. The van der Waals surface area contributed by atoms with Crippen LogP contribution >= 0.6 is 0 Å². The molecule has 8 atom stereocenters. The molecule has 4 aliphatic heterocycles. The Labute approximate surface area is 975 Å². The second kappa shape index (κ2) is 79.2. The van der Waals surface area contributed by atoms with Crippen LogP contribution in [0.2, 0.25) is 0 Å². The Hall–Kier alpha value is -22.3. The largest absolute Gasteiger partial charge is 0.345 e. The second-order valence-electron chi connectivity index (χ2n) is 28.2. The molecule has 0 saturated heterocycles. The van der Waals surface area contributed by atoms with Gasteiger partial charge in [0.1, 0.15) is 56.0 Å². The predicted molar refractivity (Wildman–Crippen MR) is 742 cm³/mol. The van der Waals surface area contributed by atoms with Gasteiger partial charge >= 0.3 is 5.91 Å². The zero-order valence-corrected chi connectivity index (χ0v) is 82.8. The molecule has 0 saturated carbocycles. The number of likely N-dealkylation sites (N-methyl/N-ethyl adjacent to an activating group) is 4. The van der Waals surface area contributed by atoms with Crippen LogP contribution in [0, 0.1) is 498 Å². The Morgan fingerprint density at radius 1 is 0.424 bits per heavy atom. The number of carbonyl (C=O) groups is 4. The van der Waals surface area contributed by atoms with Crippen LogP contribution in [0.4, 0.5) is 0 Å².